The highest BCUT2D eigenvalue weighted by atomic mass is 32.1. The van der Waals surface area contributed by atoms with Gasteiger partial charge in [0.2, 0.25) is 0 Å². The second kappa shape index (κ2) is 11.1. The summed E-state index contributed by atoms with van der Waals surface area (Å²) in [5.74, 6) is 1.42. The minimum Gasteiger partial charge on any atom is -0.152 e. The summed E-state index contributed by atoms with van der Waals surface area (Å²) in [5.41, 5.74) is 8.57. The van der Waals surface area contributed by atoms with Crippen LogP contribution in [0.1, 0.15) is 77.3 Å². The molecule has 2 atom stereocenters. The van der Waals surface area contributed by atoms with Gasteiger partial charge in [0.1, 0.15) is 0 Å². The fourth-order valence-corrected chi connectivity index (χ4v) is 6.42. The first kappa shape index (κ1) is 22.4. The first-order chi connectivity index (χ1) is 16.3. The second-order valence-corrected chi connectivity index (χ2v) is 10.9. The van der Waals surface area contributed by atoms with E-state index in [1.54, 1.807) is 28.2 Å². The molecule has 168 valence electrons. The maximum Gasteiger partial charge on any atom is -0.00208 e. The Balaban J connectivity index is 1.16. The van der Waals surface area contributed by atoms with Gasteiger partial charge in [0.05, 0.1) is 0 Å². The van der Waals surface area contributed by atoms with Gasteiger partial charge in [-0.2, -0.15) is 22.7 Å². The molecule has 2 aromatic carbocycles. The number of thiophene rings is 2. The van der Waals surface area contributed by atoms with Gasteiger partial charge in [0.25, 0.3) is 0 Å². The van der Waals surface area contributed by atoms with E-state index in [-0.39, 0.29) is 0 Å². The summed E-state index contributed by atoms with van der Waals surface area (Å²) in [4.78, 5) is 0. The molecule has 2 heteroatoms. The van der Waals surface area contributed by atoms with E-state index in [0.29, 0.717) is 11.8 Å². The molecule has 4 aromatic rings. The van der Waals surface area contributed by atoms with Gasteiger partial charge in [0, 0.05) is 0 Å². The van der Waals surface area contributed by atoms with Crippen LogP contribution in [0, 0.1) is 0 Å². The van der Waals surface area contributed by atoms with Gasteiger partial charge in [0.15, 0.2) is 0 Å². The zero-order valence-electron chi connectivity index (χ0n) is 19.2. The van der Waals surface area contributed by atoms with E-state index in [1.165, 1.54) is 59.9 Å². The van der Waals surface area contributed by atoms with Crippen molar-refractivity contribution in [2.75, 3.05) is 0 Å². The van der Waals surface area contributed by atoms with Crippen molar-refractivity contribution in [1.82, 2.24) is 0 Å². The van der Waals surface area contributed by atoms with Crippen LogP contribution >= 0.6 is 22.7 Å². The van der Waals surface area contributed by atoms with E-state index < -0.39 is 0 Å². The predicted octanol–water partition coefficient (Wildman–Crippen LogP) is 9.60. The van der Waals surface area contributed by atoms with Gasteiger partial charge in [-0.15, -0.1) is 0 Å². The smallest absolute Gasteiger partial charge is 0.00208 e. The predicted molar refractivity (Wildman–Crippen MR) is 146 cm³/mol. The Morgan fingerprint density at radius 1 is 0.576 bits per heavy atom. The molecule has 1 fully saturated rings. The summed E-state index contributed by atoms with van der Waals surface area (Å²) in [5, 5.41) is 8.76. The third kappa shape index (κ3) is 6.13. The summed E-state index contributed by atoms with van der Waals surface area (Å²) >= 11 is 3.54. The van der Waals surface area contributed by atoms with Crippen LogP contribution in [0.25, 0.3) is 12.2 Å². The molecule has 0 saturated heterocycles. The van der Waals surface area contributed by atoms with E-state index >= 15 is 0 Å². The maximum atomic E-state index is 2.41. The molecule has 33 heavy (non-hydrogen) atoms. The van der Waals surface area contributed by atoms with Gasteiger partial charge < -0.3 is 0 Å². The summed E-state index contributed by atoms with van der Waals surface area (Å²) < 4.78 is 0. The van der Waals surface area contributed by atoms with Crippen LogP contribution in [0.3, 0.4) is 0 Å². The third-order valence-corrected chi connectivity index (χ3v) is 8.56. The van der Waals surface area contributed by atoms with Crippen molar-refractivity contribution in [2.45, 2.75) is 56.8 Å². The average molecular weight is 469 g/mol. The van der Waals surface area contributed by atoms with Crippen molar-refractivity contribution in [3.63, 3.8) is 0 Å². The molecule has 0 radical (unpaired) electrons. The van der Waals surface area contributed by atoms with Crippen LogP contribution in [0.2, 0.25) is 0 Å². The SMILES string of the molecule is C(=C\c1ccsc1)/c1ccc(C2CCCC(c3ccc(CCc4ccsc4)cc3)CC2)cc1. The lowest BCUT2D eigenvalue weighted by atomic mass is 9.88. The number of benzene rings is 2. The lowest BCUT2D eigenvalue weighted by Gasteiger charge is -2.17. The van der Waals surface area contributed by atoms with Gasteiger partial charge >= 0.3 is 0 Å². The van der Waals surface area contributed by atoms with Crippen LogP contribution in [0.4, 0.5) is 0 Å². The standard InChI is InChI=1S/C31H32S2/c1-2-28(30-12-8-24(9-13-30)4-6-26-18-20-32-22-26)16-17-29(3-1)31-14-10-25(11-15-31)5-7-27-19-21-33-23-27/h4,6,8-15,18-23,28-29H,1-3,5,7,16-17H2/b6-4+. The molecular formula is C31H32S2. The average Bonchev–Trinajstić information content (AvgIpc) is 3.53. The Labute approximate surface area is 206 Å². The van der Waals surface area contributed by atoms with Crippen molar-refractivity contribution in [3.8, 4) is 0 Å². The second-order valence-electron chi connectivity index (χ2n) is 9.33. The first-order valence-electron chi connectivity index (χ1n) is 12.2. The molecule has 0 aliphatic heterocycles. The minimum atomic E-state index is 0.704. The zero-order chi connectivity index (χ0) is 22.3. The zero-order valence-corrected chi connectivity index (χ0v) is 20.8. The van der Waals surface area contributed by atoms with Crippen molar-refractivity contribution >= 4 is 34.8 Å². The fourth-order valence-electron chi connectivity index (χ4n) is 5.09. The van der Waals surface area contributed by atoms with Gasteiger partial charge in [-0.25, -0.2) is 0 Å². The Hall–Kier alpha value is -2.42. The Morgan fingerprint density at radius 2 is 1.18 bits per heavy atom. The molecule has 2 unspecified atom stereocenters. The molecule has 0 nitrogen and oxygen atoms in total. The molecule has 2 heterocycles. The van der Waals surface area contributed by atoms with Crippen LogP contribution < -0.4 is 0 Å². The molecule has 0 amide bonds. The molecule has 1 saturated carbocycles. The van der Waals surface area contributed by atoms with Crippen molar-refractivity contribution < 1.29 is 0 Å². The van der Waals surface area contributed by atoms with Gasteiger partial charge in [-0.3, -0.25) is 0 Å². The molecule has 0 bridgehead atoms. The van der Waals surface area contributed by atoms with Crippen LogP contribution in [0.5, 0.6) is 0 Å². The molecule has 1 aliphatic rings. The molecule has 0 spiro atoms. The topological polar surface area (TPSA) is 0 Å². The molecule has 5 rings (SSSR count). The maximum absolute atomic E-state index is 2.41. The van der Waals surface area contributed by atoms with Crippen molar-refractivity contribution in [3.05, 3.63) is 116 Å². The molecule has 0 N–H and O–H groups in total. The fraction of sp³-hybridized carbons (Fsp3) is 0.290. The normalized spacial score (nSPS) is 19.0. The quantitative estimate of drug-likeness (QED) is 0.237. The monoisotopic (exact) mass is 468 g/mol. The van der Waals surface area contributed by atoms with Crippen molar-refractivity contribution in [2.24, 2.45) is 0 Å². The molecule has 2 aromatic heterocycles. The Bertz CT molecular complexity index is 1120. The van der Waals surface area contributed by atoms with Crippen LogP contribution in [-0.2, 0) is 12.8 Å². The summed E-state index contributed by atoms with van der Waals surface area (Å²) in [7, 11) is 0. The van der Waals surface area contributed by atoms with E-state index in [2.05, 4.69) is 94.3 Å². The minimum absolute atomic E-state index is 0.704. The van der Waals surface area contributed by atoms with Crippen LogP contribution in [0.15, 0.2) is 82.2 Å². The summed E-state index contributed by atoms with van der Waals surface area (Å²) in [6, 6.07) is 23.3. The molecule has 1 aliphatic carbocycles. The van der Waals surface area contributed by atoms with E-state index in [9.17, 15) is 0 Å². The van der Waals surface area contributed by atoms with Crippen molar-refractivity contribution in [1.29, 1.82) is 0 Å². The number of hydrogen-bond acceptors (Lipinski definition) is 2. The largest absolute Gasteiger partial charge is 0.152 e. The van der Waals surface area contributed by atoms with E-state index in [0.717, 1.165) is 12.8 Å². The van der Waals surface area contributed by atoms with Gasteiger partial charge in [-0.05, 0) is 117 Å². The summed E-state index contributed by atoms with van der Waals surface area (Å²) in [6.45, 7) is 0. The number of hydrogen-bond donors (Lipinski definition) is 0. The highest BCUT2D eigenvalue weighted by Gasteiger charge is 2.21. The lowest BCUT2D eigenvalue weighted by molar-refractivity contribution is 0.573. The lowest BCUT2D eigenvalue weighted by Crippen LogP contribution is -2.00. The highest BCUT2D eigenvalue weighted by Crippen LogP contribution is 2.38. The number of aryl methyl sites for hydroxylation is 2. The van der Waals surface area contributed by atoms with Crippen LogP contribution in [-0.4, -0.2) is 0 Å². The third-order valence-electron chi connectivity index (χ3n) is 7.12. The van der Waals surface area contributed by atoms with E-state index in [4.69, 9.17) is 0 Å². The summed E-state index contributed by atoms with van der Waals surface area (Å²) in [6.07, 6.45) is 13.3. The Kier molecular flexibility index (Phi) is 7.55. The van der Waals surface area contributed by atoms with E-state index in [1.807, 2.05) is 0 Å². The first-order valence-corrected chi connectivity index (χ1v) is 14.1. The number of rotatable bonds is 7. The Morgan fingerprint density at radius 3 is 1.82 bits per heavy atom. The van der Waals surface area contributed by atoms with Gasteiger partial charge in [-0.1, -0.05) is 67.1 Å². The highest BCUT2D eigenvalue weighted by molar-refractivity contribution is 7.08. The molecular weight excluding hydrogens is 436 g/mol.